The molecule has 0 aliphatic rings. The van der Waals surface area contributed by atoms with Crippen molar-refractivity contribution in [3.8, 4) is 5.69 Å². The van der Waals surface area contributed by atoms with Crippen LogP contribution in [0.2, 0.25) is 0 Å². The number of carbonyl (C=O) groups excluding carboxylic acids is 1. The number of aromatic nitrogens is 4. The van der Waals surface area contributed by atoms with Gasteiger partial charge in [-0.05, 0) is 37.1 Å². The number of thioether (sulfide) groups is 1. The summed E-state index contributed by atoms with van der Waals surface area (Å²) in [7, 11) is 1.78. The number of para-hydroxylation sites is 2. The van der Waals surface area contributed by atoms with Gasteiger partial charge in [-0.15, -0.1) is 0 Å². The minimum atomic E-state index is -0.189. The number of fused-ring (bicyclic) bond motifs is 1. The Bertz CT molecular complexity index is 1330. The van der Waals surface area contributed by atoms with Crippen molar-refractivity contribution < 1.29 is 4.79 Å². The Hall–Kier alpha value is -3.39. The van der Waals surface area contributed by atoms with Gasteiger partial charge in [-0.2, -0.15) is 5.10 Å². The summed E-state index contributed by atoms with van der Waals surface area (Å²) in [5.74, 6) is 0.553. The summed E-state index contributed by atoms with van der Waals surface area (Å²) in [5, 5.41) is 8.13. The second kappa shape index (κ2) is 8.77. The number of nitrogens with zero attached hydrogens (tertiary/aromatic N) is 4. The molecule has 158 valence electrons. The molecule has 8 heteroatoms. The van der Waals surface area contributed by atoms with Crippen molar-refractivity contribution in [2.45, 2.75) is 25.4 Å². The van der Waals surface area contributed by atoms with Crippen molar-refractivity contribution in [3.63, 3.8) is 0 Å². The van der Waals surface area contributed by atoms with E-state index in [-0.39, 0.29) is 17.2 Å². The van der Waals surface area contributed by atoms with Crippen LogP contribution in [0.15, 0.2) is 64.5 Å². The first-order valence-electron chi connectivity index (χ1n) is 10.0. The molecule has 0 aliphatic carbocycles. The second-order valence-electron chi connectivity index (χ2n) is 7.17. The number of rotatable bonds is 6. The smallest absolute Gasteiger partial charge is 0.266 e. The van der Waals surface area contributed by atoms with Crippen LogP contribution in [0, 0.1) is 6.92 Å². The Kier molecular flexibility index (Phi) is 5.90. The van der Waals surface area contributed by atoms with Crippen LogP contribution in [0.3, 0.4) is 0 Å². The van der Waals surface area contributed by atoms with Crippen LogP contribution in [0.1, 0.15) is 18.2 Å². The highest BCUT2D eigenvalue weighted by Gasteiger charge is 2.17. The number of anilines is 1. The van der Waals surface area contributed by atoms with Crippen LogP contribution in [-0.2, 0) is 18.3 Å². The number of amides is 1. The van der Waals surface area contributed by atoms with Gasteiger partial charge in [0, 0.05) is 13.1 Å². The summed E-state index contributed by atoms with van der Waals surface area (Å²) >= 11 is 1.24. The molecule has 0 bridgehead atoms. The zero-order valence-electron chi connectivity index (χ0n) is 17.6. The quantitative estimate of drug-likeness (QED) is 0.370. The number of aryl methyl sites for hydroxylation is 3. The van der Waals surface area contributed by atoms with Crippen LogP contribution in [0.5, 0.6) is 0 Å². The lowest BCUT2D eigenvalue weighted by Gasteiger charge is -2.16. The maximum absolute atomic E-state index is 13.4. The molecule has 0 atom stereocenters. The first-order chi connectivity index (χ1) is 15.0. The van der Waals surface area contributed by atoms with E-state index in [4.69, 9.17) is 4.98 Å². The fourth-order valence-electron chi connectivity index (χ4n) is 3.49. The molecule has 0 radical (unpaired) electrons. The molecule has 2 heterocycles. The van der Waals surface area contributed by atoms with Crippen molar-refractivity contribution in [3.05, 3.63) is 76.2 Å². The van der Waals surface area contributed by atoms with Crippen LogP contribution in [0.4, 0.5) is 5.82 Å². The number of nitrogens with one attached hydrogen (secondary N) is 1. The molecule has 4 rings (SSSR count). The van der Waals surface area contributed by atoms with E-state index in [0.29, 0.717) is 21.9 Å². The normalized spacial score (nSPS) is 11.1. The highest BCUT2D eigenvalue weighted by molar-refractivity contribution is 7.99. The first kappa shape index (κ1) is 20.9. The molecule has 31 heavy (non-hydrogen) atoms. The summed E-state index contributed by atoms with van der Waals surface area (Å²) in [4.78, 5) is 30.7. The third kappa shape index (κ3) is 4.25. The third-order valence-corrected chi connectivity index (χ3v) is 5.90. The van der Waals surface area contributed by atoms with Gasteiger partial charge in [0.15, 0.2) is 5.16 Å². The van der Waals surface area contributed by atoms with Crippen molar-refractivity contribution >= 4 is 34.4 Å². The molecule has 0 spiro atoms. The Labute approximate surface area is 184 Å². The molecule has 0 unspecified atom stereocenters. The Morgan fingerprint density at radius 1 is 1.13 bits per heavy atom. The highest BCUT2D eigenvalue weighted by atomic mass is 32.2. The minimum absolute atomic E-state index is 0.114. The number of hydrogen-bond donors (Lipinski definition) is 1. The van der Waals surface area contributed by atoms with Crippen molar-refractivity contribution in [2.24, 2.45) is 7.05 Å². The predicted molar refractivity (Wildman–Crippen MR) is 124 cm³/mol. The van der Waals surface area contributed by atoms with Gasteiger partial charge in [0.25, 0.3) is 5.56 Å². The summed E-state index contributed by atoms with van der Waals surface area (Å²) in [6.07, 6.45) is 0.778. The van der Waals surface area contributed by atoms with E-state index in [9.17, 15) is 9.59 Å². The lowest BCUT2D eigenvalue weighted by atomic mass is 10.1. The molecule has 2 aromatic carbocycles. The Morgan fingerprint density at radius 2 is 1.87 bits per heavy atom. The average molecular weight is 434 g/mol. The molecule has 0 saturated carbocycles. The lowest BCUT2D eigenvalue weighted by molar-refractivity contribution is -0.113. The van der Waals surface area contributed by atoms with Gasteiger partial charge in [0.2, 0.25) is 5.91 Å². The zero-order valence-corrected chi connectivity index (χ0v) is 18.4. The van der Waals surface area contributed by atoms with E-state index in [1.54, 1.807) is 22.4 Å². The van der Waals surface area contributed by atoms with Crippen LogP contribution < -0.4 is 10.9 Å². The molecule has 1 amide bonds. The zero-order chi connectivity index (χ0) is 22.0. The van der Waals surface area contributed by atoms with Crippen LogP contribution >= 0.6 is 11.8 Å². The molecule has 0 aliphatic heterocycles. The van der Waals surface area contributed by atoms with E-state index in [1.165, 1.54) is 11.8 Å². The van der Waals surface area contributed by atoms with Gasteiger partial charge in [0.05, 0.1) is 28.0 Å². The van der Waals surface area contributed by atoms with Crippen molar-refractivity contribution in [1.82, 2.24) is 19.3 Å². The van der Waals surface area contributed by atoms with Crippen LogP contribution in [0.25, 0.3) is 16.6 Å². The SMILES string of the molecule is CCc1ccccc1-n1c(SCC(=O)Nc2cc(C)nn2C)nc2ccccc2c1=O. The maximum Gasteiger partial charge on any atom is 0.266 e. The summed E-state index contributed by atoms with van der Waals surface area (Å²) in [6, 6.07) is 16.9. The molecule has 1 N–H and O–H groups in total. The fourth-order valence-corrected chi connectivity index (χ4v) is 4.29. The van der Waals surface area contributed by atoms with Crippen molar-refractivity contribution in [1.29, 1.82) is 0 Å². The van der Waals surface area contributed by atoms with Gasteiger partial charge >= 0.3 is 0 Å². The van der Waals surface area contributed by atoms with Gasteiger partial charge in [0.1, 0.15) is 5.82 Å². The maximum atomic E-state index is 13.4. The molecule has 0 fully saturated rings. The fraction of sp³-hybridized carbons (Fsp3) is 0.217. The largest absolute Gasteiger partial charge is 0.310 e. The van der Waals surface area contributed by atoms with Crippen LogP contribution in [-0.4, -0.2) is 31.0 Å². The average Bonchev–Trinajstić information content (AvgIpc) is 3.08. The van der Waals surface area contributed by atoms with E-state index < -0.39 is 0 Å². The second-order valence-corrected chi connectivity index (χ2v) is 8.11. The standard InChI is InChI=1S/C23H23N5O2S/c1-4-16-9-5-8-12-19(16)28-22(30)17-10-6-7-11-18(17)24-23(28)31-14-21(29)25-20-13-15(2)26-27(20)3/h5-13H,4,14H2,1-3H3,(H,25,29). The topological polar surface area (TPSA) is 81.8 Å². The third-order valence-electron chi connectivity index (χ3n) is 4.96. The van der Waals surface area contributed by atoms with E-state index in [1.807, 2.05) is 55.5 Å². The number of benzene rings is 2. The van der Waals surface area contributed by atoms with Gasteiger partial charge in [-0.25, -0.2) is 4.98 Å². The highest BCUT2D eigenvalue weighted by Crippen LogP contribution is 2.24. The molecule has 2 aromatic heterocycles. The summed E-state index contributed by atoms with van der Waals surface area (Å²) in [6.45, 7) is 3.92. The minimum Gasteiger partial charge on any atom is -0.310 e. The van der Waals surface area contributed by atoms with E-state index >= 15 is 0 Å². The Balaban J connectivity index is 1.72. The van der Waals surface area contributed by atoms with E-state index in [2.05, 4.69) is 17.3 Å². The summed E-state index contributed by atoms with van der Waals surface area (Å²) < 4.78 is 3.24. The van der Waals surface area contributed by atoms with Gasteiger partial charge in [-0.1, -0.05) is 49.0 Å². The summed E-state index contributed by atoms with van der Waals surface area (Å²) in [5.41, 5.74) is 3.13. The monoisotopic (exact) mass is 433 g/mol. The number of carbonyl (C=O) groups is 1. The molecule has 7 nitrogen and oxygen atoms in total. The van der Waals surface area contributed by atoms with Crippen molar-refractivity contribution in [2.75, 3.05) is 11.1 Å². The van der Waals surface area contributed by atoms with E-state index in [0.717, 1.165) is 23.4 Å². The Morgan fingerprint density at radius 3 is 2.61 bits per heavy atom. The van der Waals surface area contributed by atoms with Gasteiger partial charge in [-0.3, -0.25) is 18.8 Å². The molecular weight excluding hydrogens is 410 g/mol. The van der Waals surface area contributed by atoms with Gasteiger partial charge < -0.3 is 5.32 Å². The lowest BCUT2D eigenvalue weighted by Crippen LogP contribution is -2.24. The first-order valence-corrected chi connectivity index (χ1v) is 11.0. The number of hydrogen-bond acceptors (Lipinski definition) is 5. The molecular formula is C23H23N5O2S. The molecule has 4 aromatic rings. The molecule has 0 saturated heterocycles. The predicted octanol–water partition coefficient (Wildman–Crippen LogP) is 3.72.